The summed E-state index contributed by atoms with van der Waals surface area (Å²) in [5.74, 6) is 1.52. The number of hydrogen-bond acceptors (Lipinski definition) is 6. The number of benzene rings is 1. The fraction of sp³-hybridized carbons (Fsp3) is 0.630. The minimum Gasteiger partial charge on any atom is -0.482 e. The summed E-state index contributed by atoms with van der Waals surface area (Å²) < 4.78 is 38.8. The molecule has 6 rings (SSSR count). The molecule has 1 amide bonds. The van der Waals surface area contributed by atoms with Crippen LogP contribution in [0.3, 0.4) is 0 Å². The third-order valence-electron chi connectivity index (χ3n) is 8.66. The Labute approximate surface area is 212 Å². The van der Waals surface area contributed by atoms with Gasteiger partial charge in [-0.1, -0.05) is 12.1 Å². The zero-order valence-corrected chi connectivity index (χ0v) is 22.1. The number of amides is 1. The number of carbonyl (C=O) groups excluding carboxylic acids is 1. The molecule has 1 saturated carbocycles. The number of fused-ring (bicyclic) bond motifs is 4. The molecule has 3 aliphatic heterocycles. The molecule has 9 heteroatoms. The summed E-state index contributed by atoms with van der Waals surface area (Å²) >= 11 is 0. The number of rotatable bonds is 3. The molecule has 0 bridgehead atoms. The molecule has 2 saturated heterocycles. The van der Waals surface area contributed by atoms with E-state index in [1.807, 2.05) is 38.1 Å². The lowest BCUT2D eigenvalue weighted by atomic mass is 9.79. The summed E-state index contributed by atoms with van der Waals surface area (Å²) in [6, 6.07) is 8.00. The fourth-order valence-electron chi connectivity index (χ4n) is 6.16. The van der Waals surface area contributed by atoms with Gasteiger partial charge in [-0.3, -0.25) is 4.68 Å². The summed E-state index contributed by atoms with van der Waals surface area (Å²) in [5, 5.41) is 5.12. The van der Waals surface area contributed by atoms with Gasteiger partial charge in [0.2, 0.25) is 0 Å². The van der Waals surface area contributed by atoms with E-state index in [2.05, 4.69) is 11.6 Å². The van der Waals surface area contributed by atoms with Gasteiger partial charge in [0.05, 0.1) is 23.1 Å². The highest BCUT2D eigenvalue weighted by atomic mass is 32.2. The van der Waals surface area contributed by atoms with E-state index in [0.29, 0.717) is 51.3 Å². The molecule has 194 valence electrons. The SMILES string of the molecule is Cc1c2c(nn1C1CCS(=O)(=O)C(C)(C)C1)-c1ccccc1OC21CCN(C(=O)OCC2CC2)CC1. The second-order valence-corrected chi connectivity index (χ2v) is 14.3. The van der Waals surface area contributed by atoms with Crippen LogP contribution >= 0.6 is 0 Å². The number of likely N-dealkylation sites (tertiary alicyclic amines) is 1. The first-order valence-corrected chi connectivity index (χ1v) is 14.8. The monoisotopic (exact) mass is 513 g/mol. The lowest BCUT2D eigenvalue weighted by molar-refractivity contribution is -0.00650. The molecule has 2 aromatic rings. The molecule has 1 aliphatic carbocycles. The minimum absolute atomic E-state index is 0.0100. The Bertz CT molecular complexity index is 1300. The predicted octanol–water partition coefficient (Wildman–Crippen LogP) is 4.62. The minimum atomic E-state index is -3.13. The van der Waals surface area contributed by atoms with E-state index < -0.39 is 20.2 Å². The Morgan fingerprint density at radius 1 is 1.17 bits per heavy atom. The molecular weight excluding hydrogens is 478 g/mol. The molecule has 1 aromatic heterocycles. The van der Waals surface area contributed by atoms with Gasteiger partial charge >= 0.3 is 6.09 Å². The Balaban J connectivity index is 1.33. The van der Waals surface area contributed by atoms with Gasteiger partial charge in [0.1, 0.15) is 17.0 Å². The normalized spacial score (nSPS) is 25.5. The van der Waals surface area contributed by atoms with Gasteiger partial charge < -0.3 is 14.4 Å². The van der Waals surface area contributed by atoms with Crippen LogP contribution in [0.4, 0.5) is 4.79 Å². The van der Waals surface area contributed by atoms with Crippen molar-refractivity contribution in [3.63, 3.8) is 0 Å². The molecule has 0 radical (unpaired) electrons. The van der Waals surface area contributed by atoms with E-state index >= 15 is 0 Å². The Morgan fingerprint density at radius 3 is 2.58 bits per heavy atom. The molecule has 1 unspecified atom stereocenters. The molecule has 1 spiro atoms. The first-order chi connectivity index (χ1) is 17.1. The van der Waals surface area contributed by atoms with Gasteiger partial charge in [0, 0.05) is 42.8 Å². The van der Waals surface area contributed by atoms with Crippen LogP contribution in [0, 0.1) is 12.8 Å². The van der Waals surface area contributed by atoms with Gasteiger partial charge in [-0.15, -0.1) is 0 Å². The number of hydrogen-bond donors (Lipinski definition) is 0. The van der Waals surface area contributed by atoms with Crippen LogP contribution in [0.5, 0.6) is 5.75 Å². The zero-order chi connectivity index (χ0) is 25.3. The van der Waals surface area contributed by atoms with E-state index in [1.54, 1.807) is 4.90 Å². The number of nitrogens with zero attached hydrogens (tertiary/aromatic N) is 3. The average molecular weight is 514 g/mol. The molecule has 1 aromatic carbocycles. The van der Waals surface area contributed by atoms with Crippen molar-refractivity contribution < 1.29 is 22.7 Å². The summed E-state index contributed by atoms with van der Waals surface area (Å²) in [7, 11) is -3.13. The quantitative estimate of drug-likeness (QED) is 0.595. The van der Waals surface area contributed by atoms with Gasteiger partial charge in [-0.2, -0.15) is 5.10 Å². The second-order valence-electron chi connectivity index (χ2n) is 11.6. The van der Waals surface area contributed by atoms with Crippen LogP contribution in [-0.4, -0.2) is 59.4 Å². The number of piperidine rings is 1. The van der Waals surface area contributed by atoms with Crippen molar-refractivity contribution in [2.24, 2.45) is 5.92 Å². The van der Waals surface area contributed by atoms with Crippen molar-refractivity contribution in [3.8, 4) is 17.0 Å². The van der Waals surface area contributed by atoms with Crippen molar-refractivity contribution >= 4 is 15.9 Å². The Kier molecular flexibility index (Phi) is 5.45. The zero-order valence-electron chi connectivity index (χ0n) is 21.3. The van der Waals surface area contributed by atoms with Gasteiger partial charge in [-0.25, -0.2) is 13.2 Å². The lowest BCUT2D eigenvalue weighted by Gasteiger charge is -2.44. The maximum Gasteiger partial charge on any atom is 0.409 e. The van der Waals surface area contributed by atoms with Crippen molar-refractivity contribution in [2.45, 2.75) is 75.7 Å². The van der Waals surface area contributed by atoms with Crippen LogP contribution < -0.4 is 4.74 Å². The highest BCUT2D eigenvalue weighted by Crippen LogP contribution is 2.51. The predicted molar refractivity (Wildman–Crippen MR) is 136 cm³/mol. The molecule has 1 atom stereocenters. The molecule has 4 heterocycles. The van der Waals surface area contributed by atoms with E-state index in [4.69, 9.17) is 14.6 Å². The van der Waals surface area contributed by atoms with E-state index in [1.165, 1.54) is 0 Å². The van der Waals surface area contributed by atoms with Crippen molar-refractivity contribution in [2.75, 3.05) is 25.4 Å². The molecule has 0 N–H and O–H groups in total. The van der Waals surface area contributed by atoms with Crippen molar-refractivity contribution in [1.29, 1.82) is 0 Å². The second kappa shape index (κ2) is 8.23. The topological polar surface area (TPSA) is 90.7 Å². The molecule has 4 aliphatic rings. The van der Waals surface area contributed by atoms with Gasteiger partial charge in [0.15, 0.2) is 9.84 Å². The van der Waals surface area contributed by atoms with Crippen LogP contribution in [0.2, 0.25) is 0 Å². The van der Waals surface area contributed by atoms with Crippen molar-refractivity contribution in [3.05, 3.63) is 35.5 Å². The fourth-order valence-corrected chi connectivity index (χ4v) is 7.74. The van der Waals surface area contributed by atoms with E-state index in [-0.39, 0.29) is 17.9 Å². The van der Waals surface area contributed by atoms with Crippen LogP contribution in [-0.2, 0) is 20.2 Å². The first-order valence-electron chi connectivity index (χ1n) is 13.1. The van der Waals surface area contributed by atoms with Gasteiger partial charge in [-0.05, 0) is 64.5 Å². The number of sulfone groups is 1. The maximum absolute atomic E-state index is 12.6. The average Bonchev–Trinajstić information content (AvgIpc) is 3.61. The van der Waals surface area contributed by atoms with E-state index in [9.17, 15) is 13.2 Å². The standard InChI is InChI=1S/C27H35N3O5S/c1-18-23-24(28-30(18)20-10-15-36(32,33)26(2,3)16-20)21-6-4-5-7-22(21)35-27(23)11-13-29(14-12-27)25(31)34-17-19-8-9-19/h4-7,19-20H,8-17H2,1-3H3. The number of ether oxygens (including phenoxy) is 2. The van der Waals surface area contributed by atoms with Crippen LogP contribution in [0.15, 0.2) is 24.3 Å². The lowest BCUT2D eigenvalue weighted by Crippen LogP contribution is -2.49. The molecule has 8 nitrogen and oxygen atoms in total. The number of carbonyl (C=O) groups is 1. The number of para-hydroxylation sites is 1. The Hall–Kier alpha value is -2.55. The van der Waals surface area contributed by atoms with Gasteiger partial charge in [0.25, 0.3) is 0 Å². The Morgan fingerprint density at radius 2 is 1.89 bits per heavy atom. The smallest absolute Gasteiger partial charge is 0.409 e. The van der Waals surface area contributed by atoms with Crippen LogP contribution in [0.25, 0.3) is 11.3 Å². The first kappa shape index (κ1) is 23.8. The molecule has 36 heavy (non-hydrogen) atoms. The summed E-state index contributed by atoms with van der Waals surface area (Å²) in [6.07, 6.45) is 4.48. The van der Waals surface area contributed by atoms with E-state index in [0.717, 1.165) is 41.1 Å². The summed E-state index contributed by atoms with van der Waals surface area (Å²) in [6.45, 7) is 7.37. The highest BCUT2D eigenvalue weighted by molar-refractivity contribution is 7.92. The largest absolute Gasteiger partial charge is 0.482 e. The number of aromatic nitrogens is 2. The molecular formula is C27H35N3O5S. The maximum atomic E-state index is 12.6. The van der Waals surface area contributed by atoms with Crippen molar-refractivity contribution in [1.82, 2.24) is 14.7 Å². The third-order valence-corrected chi connectivity index (χ3v) is 11.3. The van der Waals surface area contributed by atoms with Crippen LogP contribution in [0.1, 0.15) is 69.7 Å². The molecule has 3 fully saturated rings. The summed E-state index contributed by atoms with van der Waals surface area (Å²) in [4.78, 5) is 14.4. The summed E-state index contributed by atoms with van der Waals surface area (Å²) in [5.41, 5.74) is 3.43. The highest BCUT2D eigenvalue weighted by Gasteiger charge is 2.49. The third kappa shape index (κ3) is 3.81.